The summed E-state index contributed by atoms with van der Waals surface area (Å²) in [6.07, 6.45) is -3.36. The average Bonchev–Trinajstić information content (AvgIpc) is 2.05. The van der Waals surface area contributed by atoms with E-state index in [9.17, 15) is 13.2 Å². The zero-order valence-corrected chi connectivity index (χ0v) is 8.85. The SMILES string of the molecule is CC(C)c1ccc(OC(C)(F)F)c(F)c1. The predicted octanol–water partition coefficient (Wildman–Crippen LogP) is 3.94. The molecule has 0 aromatic heterocycles. The molecule has 1 rings (SSSR count). The number of ether oxygens (including phenoxy) is 1. The third-order valence-electron chi connectivity index (χ3n) is 1.91. The highest BCUT2D eigenvalue weighted by Crippen LogP contribution is 2.26. The van der Waals surface area contributed by atoms with Crippen molar-refractivity contribution < 1.29 is 17.9 Å². The van der Waals surface area contributed by atoms with Crippen LogP contribution in [0.1, 0.15) is 32.3 Å². The van der Waals surface area contributed by atoms with Gasteiger partial charge in [0.1, 0.15) is 0 Å². The Bertz CT molecular complexity index is 342. The van der Waals surface area contributed by atoms with Gasteiger partial charge in [0.2, 0.25) is 0 Å². The molecule has 0 unspecified atom stereocenters. The molecule has 0 amide bonds. The van der Waals surface area contributed by atoms with Crippen LogP contribution >= 0.6 is 0 Å². The largest absolute Gasteiger partial charge is 0.430 e. The highest BCUT2D eigenvalue weighted by atomic mass is 19.3. The molecule has 0 aliphatic heterocycles. The Hall–Kier alpha value is -1.19. The molecule has 0 fully saturated rings. The lowest BCUT2D eigenvalue weighted by Crippen LogP contribution is -2.19. The third kappa shape index (κ3) is 3.46. The van der Waals surface area contributed by atoms with Gasteiger partial charge in [-0.25, -0.2) is 4.39 Å². The van der Waals surface area contributed by atoms with Crippen molar-refractivity contribution in [3.05, 3.63) is 29.6 Å². The van der Waals surface area contributed by atoms with Gasteiger partial charge in [-0.1, -0.05) is 19.9 Å². The summed E-state index contributed by atoms with van der Waals surface area (Å²) in [5.41, 5.74) is 0.749. The fourth-order valence-corrected chi connectivity index (χ4v) is 1.15. The lowest BCUT2D eigenvalue weighted by molar-refractivity contribution is -0.160. The number of rotatable bonds is 3. The second-order valence-corrected chi connectivity index (χ2v) is 3.75. The lowest BCUT2D eigenvalue weighted by Gasteiger charge is -2.14. The van der Waals surface area contributed by atoms with Crippen molar-refractivity contribution in [2.75, 3.05) is 0 Å². The van der Waals surface area contributed by atoms with E-state index in [0.29, 0.717) is 6.92 Å². The summed E-state index contributed by atoms with van der Waals surface area (Å²) in [6, 6.07) is 4.02. The summed E-state index contributed by atoms with van der Waals surface area (Å²) in [6.45, 7) is 4.36. The molecular formula is C11H13F3O. The van der Waals surface area contributed by atoms with Crippen LogP contribution in [0.5, 0.6) is 5.75 Å². The van der Waals surface area contributed by atoms with Crippen LogP contribution in [-0.4, -0.2) is 6.11 Å². The Morgan fingerprint density at radius 2 is 1.87 bits per heavy atom. The molecule has 0 saturated heterocycles. The van der Waals surface area contributed by atoms with Crippen LogP contribution in [-0.2, 0) is 0 Å². The monoisotopic (exact) mass is 218 g/mol. The highest BCUT2D eigenvalue weighted by Gasteiger charge is 2.24. The molecule has 0 N–H and O–H groups in total. The average molecular weight is 218 g/mol. The van der Waals surface area contributed by atoms with Gasteiger partial charge in [0.25, 0.3) is 0 Å². The Labute approximate surface area is 86.9 Å². The summed E-state index contributed by atoms with van der Waals surface area (Å²) < 4.78 is 42.4. The van der Waals surface area contributed by atoms with Crippen molar-refractivity contribution in [1.29, 1.82) is 0 Å². The van der Waals surface area contributed by atoms with Gasteiger partial charge in [-0.3, -0.25) is 0 Å². The minimum absolute atomic E-state index is 0.149. The number of halogens is 3. The van der Waals surface area contributed by atoms with Gasteiger partial charge in [0.05, 0.1) is 0 Å². The highest BCUT2D eigenvalue weighted by molar-refractivity contribution is 5.31. The first-order valence-corrected chi connectivity index (χ1v) is 4.66. The summed E-state index contributed by atoms with van der Waals surface area (Å²) in [4.78, 5) is 0. The van der Waals surface area contributed by atoms with Crippen molar-refractivity contribution >= 4 is 0 Å². The molecule has 1 aromatic carbocycles. The van der Waals surface area contributed by atoms with E-state index in [1.165, 1.54) is 12.1 Å². The molecule has 4 heteroatoms. The van der Waals surface area contributed by atoms with Gasteiger partial charge in [-0.15, -0.1) is 0 Å². The quantitative estimate of drug-likeness (QED) is 0.746. The fourth-order valence-electron chi connectivity index (χ4n) is 1.15. The van der Waals surface area contributed by atoms with Crippen molar-refractivity contribution in [2.24, 2.45) is 0 Å². The minimum Gasteiger partial charge on any atom is -0.430 e. The number of benzene rings is 1. The number of alkyl halides is 2. The predicted molar refractivity (Wildman–Crippen MR) is 51.7 cm³/mol. The van der Waals surface area contributed by atoms with Crippen LogP contribution in [0.15, 0.2) is 18.2 Å². The Morgan fingerprint density at radius 1 is 1.27 bits per heavy atom. The van der Waals surface area contributed by atoms with E-state index >= 15 is 0 Å². The van der Waals surface area contributed by atoms with E-state index in [2.05, 4.69) is 4.74 Å². The molecule has 0 radical (unpaired) electrons. The standard InChI is InChI=1S/C11H13F3O/c1-7(2)8-4-5-10(9(12)6-8)15-11(3,13)14/h4-7H,1-3H3. The molecule has 0 spiro atoms. The molecule has 0 aliphatic rings. The zero-order valence-electron chi connectivity index (χ0n) is 8.85. The molecule has 84 valence electrons. The van der Waals surface area contributed by atoms with E-state index in [4.69, 9.17) is 0 Å². The second kappa shape index (κ2) is 4.13. The van der Waals surface area contributed by atoms with Gasteiger partial charge < -0.3 is 4.74 Å². The zero-order chi connectivity index (χ0) is 11.6. The molecule has 1 nitrogen and oxygen atoms in total. The molecule has 0 aliphatic carbocycles. The van der Waals surface area contributed by atoms with Crippen LogP contribution in [0.4, 0.5) is 13.2 Å². The third-order valence-corrected chi connectivity index (χ3v) is 1.91. The first kappa shape index (κ1) is 11.9. The van der Waals surface area contributed by atoms with Crippen LogP contribution in [0, 0.1) is 5.82 Å². The maximum atomic E-state index is 13.3. The summed E-state index contributed by atoms with van der Waals surface area (Å²) in [7, 11) is 0. The van der Waals surface area contributed by atoms with Gasteiger partial charge in [0, 0.05) is 6.92 Å². The van der Waals surface area contributed by atoms with Crippen LogP contribution in [0.25, 0.3) is 0 Å². The summed E-state index contributed by atoms with van der Waals surface area (Å²) in [5.74, 6) is -1.04. The van der Waals surface area contributed by atoms with Crippen molar-refractivity contribution in [3.63, 3.8) is 0 Å². The van der Waals surface area contributed by atoms with E-state index in [-0.39, 0.29) is 5.92 Å². The fraction of sp³-hybridized carbons (Fsp3) is 0.455. The first-order valence-electron chi connectivity index (χ1n) is 4.66. The number of hydrogen-bond acceptors (Lipinski definition) is 1. The Kier molecular flexibility index (Phi) is 3.27. The van der Waals surface area contributed by atoms with Gasteiger partial charge in [-0.05, 0) is 23.6 Å². The first-order chi connectivity index (χ1) is 6.79. The maximum absolute atomic E-state index is 13.3. The molecule has 15 heavy (non-hydrogen) atoms. The number of hydrogen-bond donors (Lipinski definition) is 0. The van der Waals surface area contributed by atoms with Gasteiger partial charge >= 0.3 is 6.11 Å². The minimum atomic E-state index is -3.36. The summed E-state index contributed by atoms with van der Waals surface area (Å²) >= 11 is 0. The molecular weight excluding hydrogens is 205 g/mol. The normalized spacial score (nSPS) is 11.9. The van der Waals surface area contributed by atoms with Gasteiger partial charge in [0.15, 0.2) is 11.6 Å². The lowest BCUT2D eigenvalue weighted by atomic mass is 10.0. The topological polar surface area (TPSA) is 9.23 Å². The Balaban J connectivity index is 2.94. The van der Waals surface area contributed by atoms with Crippen LogP contribution < -0.4 is 4.74 Å². The second-order valence-electron chi connectivity index (χ2n) is 3.75. The van der Waals surface area contributed by atoms with Crippen molar-refractivity contribution in [3.8, 4) is 5.75 Å². The van der Waals surface area contributed by atoms with Crippen molar-refractivity contribution in [2.45, 2.75) is 32.8 Å². The molecule has 0 saturated carbocycles. The molecule has 0 bridgehead atoms. The van der Waals surface area contributed by atoms with E-state index in [1.54, 1.807) is 6.07 Å². The molecule has 0 atom stereocenters. The van der Waals surface area contributed by atoms with E-state index in [1.807, 2.05) is 13.8 Å². The van der Waals surface area contributed by atoms with Crippen LogP contribution in [0.2, 0.25) is 0 Å². The summed E-state index contributed by atoms with van der Waals surface area (Å²) in [5, 5.41) is 0. The Morgan fingerprint density at radius 3 is 2.27 bits per heavy atom. The van der Waals surface area contributed by atoms with Gasteiger partial charge in [-0.2, -0.15) is 8.78 Å². The van der Waals surface area contributed by atoms with E-state index < -0.39 is 17.7 Å². The maximum Gasteiger partial charge on any atom is 0.395 e. The van der Waals surface area contributed by atoms with Crippen LogP contribution in [0.3, 0.4) is 0 Å². The van der Waals surface area contributed by atoms with E-state index in [0.717, 1.165) is 5.56 Å². The molecule has 1 aromatic rings. The molecule has 0 heterocycles. The smallest absolute Gasteiger partial charge is 0.395 e. The van der Waals surface area contributed by atoms with Crippen molar-refractivity contribution in [1.82, 2.24) is 0 Å².